The van der Waals surface area contributed by atoms with E-state index in [2.05, 4.69) is 5.32 Å². The molecule has 1 N–H and O–H groups in total. The van der Waals surface area contributed by atoms with Crippen LogP contribution in [0.15, 0.2) is 18.2 Å². The first kappa shape index (κ1) is 16.0. The smallest absolute Gasteiger partial charge is 0.344 e. The molecule has 110 valence electrons. The van der Waals surface area contributed by atoms with Gasteiger partial charge in [0.25, 0.3) is 5.91 Å². The first-order valence-corrected chi connectivity index (χ1v) is 6.53. The third kappa shape index (κ3) is 5.73. The molecule has 0 fully saturated rings. The van der Waals surface area contributed by atoms with Crippen molar-refractivity contribution >= 4 is 11.9 Å². The van der Waals surface area contributed by atoms with E-state index in [4.69, 9.17) is 9.47 Å². The summed E-state index contributed by atoms with van der Waals surface area (Å²) in [6.45, 7) is 7.15. The molecule has 0 spiro atoms. The highest BCUT2D eigenvalue weighted by molar-refractivity contribution is 5.81. The van der Waals surface area contributed by atoms with Crippen molar-refractivity contribution in [3.05, 3.63) is 29.3 Å². The maximum atomic E-state index is 11.4. The van der Waals surface area contributed by atoms with Crippen LogP contribution in [0.2, 0.25) is 0 Å². The predicted molar refractivity (Wildman–Crippen MR) is 75.6 cm³/mol. The molecule has 0 aliphatic heterocycles. The highest BCUT2D eigenvalue weighted by Gasteiger charge is 2.09. The second-order valence-corrected chi connectivity index (χ2v) is 4.92. The van der Waals surface area contributed by atoms with Crippen molar-refractivity contribution in [2.45, 2.75) is 33.7 Å². The Morgan fingerprint density at radius 2 is 1.85 bits per heavy atom. The SMILES string of the molecule is Cc1ccc(OCC(=O)OCC(=O)NC(C)C)cc1C. The minimum absolute atomic E-state index is 0.0213. The van der Waals surface area contributed by atoms with Gasteiger partial charge in [-0.3, -0.25) is 4.79 Å². The van der Waals surface area contributed by atoms with E-state index in [-0.39, 0.29) is 25.2 Å². The lowest BCUT2D eigenvalue weighted by Crippen LogP contribution is -2.34. The normalized spacial score (nSPS) is 10.2. The molecule has 5 nitrogen and oxygen atoms in total. The third-order valence-electron chi connectivity index (χ3n) is 2.65. The first-order valence-electron chi connectivity index (χ1n) is 6.53. The number of aryl methyl sites for hydroxylation is 2. The Bertz CT molecular complexity index is 483. The summed E-state index contributed by atoms with van der Waals surface area (Å²) in [5, 5.41) is 2.63. The molecule has 1 aromatic carbocycles. The molecular formula is C15H21NO4. The van der Waals surface area contributed by atoms with Gasteiger partial charge in [-0.15, -0.1) is 0 Å². The molecule has 1 amide bonds. The zero-order valence-corrected chi connectivity index (χ0v) is 12.4. The summed E-state index contributed by atoms with van der Waals surface area (Å²) >= 11 is 0. The lowest BCUT2D eigenvalue weighted by molar-refractivity contribution is -0.150. The summed E-state index contributed by atoms with van der Waals surface area (Å²) in [5.41, 5.74) is 2.25. The van der Waals surface area contributed by atoms with Crippen LogP contribution in [0.1, 0.15) is 25.0 Å². The number of amides is 1. The number of rotatable bonds is 6. The molecule has 20 heavy (non-hydrogen) atoms. The highest BCUT2D eigenvalue weighted by atomic mass is 16.6. The molecule has 1 rings (SSSR count). The predicted octanol–water partition coefficient (Wildman–Crippen LogP) is 1.75. The number of hydrogen-bond donors (Lipinski definition) is 1. The van der Waals surface area contributed by atoms with E-state index in [1.54, 1.807) is 6.07 Å². The maximum Gasteiger partial charge on any atom is 0.344 e. The van der Waals surface area contributed by atoms with Gasteiger partial charge in [-0.2, -0.15) is 0 Å². The van der Waals surface area contributed by atoms with Crippen molar-refractivity contribution < 1.29 is 19.1 Å². The summed E-state index contributed by atoms with van der Waals surface area (Å²) < 4.78 is 10.1. The van der Waals surface area contributed by atoms with E-state index in [1.807, 2.05) is 39.8 Å². The number of carbonyl (C=O) groups is 2. The molecule has 0 unspecified atom stereocenters. The minimum atomic E-state index is -0.567. The van der Waals surface area contributed by atoms with Gasteiger partial charge >= 0.3 is 5.97 Å². The monoisotopic (exact) mass is 279 g/mol. The average Bonchev–Trinajstić information content (AvgIpc) is 2.37. The Kier molecular flexibility index (Phi) is 6.03. The van der Waals surface area contributed by atoms with Crippen LogP contribution < -0.4 is 10.1 Å². The molecule has 5 heteroatoms. The second-order valence-electron chi connectivity index (χ2n) is 4.92. The standard InChI is InChI=1S/C15H21NO4/c1-10(2)16-14(17)8-20-15(18)9-19-13-6-5-11(3)12(4)7-13/h5-7,10H,8-9H2,1-4H3,(H,16,17). The van der Waals surface area contributed by atoms with Crippen LogP contribution in [-0.2, 0) is 14.3 Å². The summed E-state index contributed by atoms with van der Waals surface area (Å²) in [7, 11) is 0. The lowest BCUT2D eigenvalue weighted by Gasteiger charge is -2.10. The molecule has 0 aromatic heterocycles. The van der Waals surface area contributed by atoms with Crippen molar-refractivity contribution in [3.63, 3.8) is 0 Å². The zero-order valence-electron chi connectivity index (χ0n) is 12.4. The first-order chi connectivity index (χ1) is 9.38. The van der Waals surface area contributed by atoms with Crippen molar-refractivity contribution in [1.29, 1.82) is 0 Å². The molecule has 0 atom stereocenters. The van der Waals surface area contributed by atoms with Crippen LogP contribution in [0, 0.1) is 13.8 Å². The van der Waals surface area contributed by atoms with Gasteiger partial charge in [0.05, 0.1) is 0 Å². The van der Waals surface area contributed by atoms with Crippen LogP contribution in [0.5, 0.6) is 5.75 Å². The number of benzene rings is 1. The number of nitrogens with one attached hydrogen (secondary N) is 1. The number of carbonyl (C=O) groups excluding carboxylic acids is 2. The van der Waals surface area contributed by atoms with Crippen LogP contribution in [0.25, 0.3) is 0 Å². The van der Waals surface area contributed by atoms with E-state index in [0.29, 0.717) is 5.75 Å². The van der Waals surface area contributed by atoms with Crippen molar-refractivity contribution in [3.8, 4) is 5.75 Å². The van der Waals surface area contributed by atoms with Gasteiger partial charge in [0.15, 0.2) is 13.2 Å². The van der Waals surface area contributed by atoms with E-state index in [9.17, 15) is 9.59 Å². The van der Waals surface area contributed by atoms with Gasteiger partial charge in [-0.25, -0.2) is 4.79 Å². The van der Waals surface area contributed by atoms with Crippen molar-refractivity contribution in [1.82, 2.24) is 5.32 Å². The van der Waals surface area contributed by atoms with Gasteiger partial charge in [-0.1, -0.05) is 6.07 Å². The van der Waals surface area contributed by atoms with Crippen molar-refractivity contribution in [2.24, 2.45) is 0 Å². The summed E-state index contributed by atoms with van der Waals surface area (Å²) in [4.78, 5) is 22.7. The molecule has 0 saturated carbocycles. The molecule has 0 radical (unpaired) electrons. The molecule has 0 aliphatic rings. The van der Waals surface area contributed by atoms with Crippen LogP contribution >= 0.6 is 0 Å². The van der Waals surface area contributed by atoms with Gasteiger partial charge in [0.1, 0.15) is 5.75 Å². The highest BCUT2D eigenvalue weighted by Crippen LogP contribution is 2.16. The molecule has 0 saturated heterocycles. The number of hydrogen-bond acceptors (Lipinski definition) is 4. The van der Waals surface area contributed by atoms with Crippen molar-refractivity contribution in [2.75, 3.05) is 13.2 Å². The summed E-state index contributed by atoms with van der Waals surface area (Å²) in [6, 6.07) is 5.59. The summed E-state index contributed by atoms with van der Waals surface area (Å²) in [5.74, 6) is -0.279. The largest absolute Gasteiger partial charge is 0.482 e. The van der Waals surface area contributed by atoms with E-state index < -0.39 is 5.97 Å². The molecule has 0 aliphatic carbocycles. The Labute approximate surface area is 119 Å². The minimum Gasteiger partial charge on any atom is -0.482 e. The van der Waals surface area contributed by atoms with Gasteiger partial charge < -0.3 is 14.8 Å². The second kappa shape index (κ2) is 7.53. The number of ether oxygens (including phenoxy) is 2. The Morgan fingerprint density at radius 3 is 2.45 bits per heavy atom. The Hall–Kier alpha value is -2.04. The van der Waals surface area contributed by atoms with Crippen LogP contribution in [0.3, 0.4) is 0 Å². The Balaban J connectivity index is 2.32. The van der Waals surface area contributed by atoms with Gasteiger partial charge in [-0.05, 0) is 51.0 Å². The fraction of sp³-hybridized carbons (Fsp3) is 0.467. The molecule has 0 bridgehead atoms. The maximum absolute atomic E-state index is 11.4. The van der Waals surface area contributed by atoms with Crippen LogP contribution in [-0.4, -0.2) is 31.1 Å². The fourth-order valence-electron chi connectivity index (χ4n) is 1.50. The van der Waals surface area contributed by atoms with E-state index >= 15 is 0 Å². The van der Waals surface area contributed by atoms with E-state index in [1.165, 1.54) is 0 Å². The summed E-state index contributed by atoms with van der Waals surface area (Å²) in [6.07, 6.45) is 0. The average molecular weight is 279 g/mol. The topological polar surface area (TPSA) is 64.6 Å². The molecule has 1 aromatic rings. The fourth-order valence-corrected chi connectivity index (χ4v) is 1.50. The lowest BCUT2D eigenvalue weighted by atomic mass is 10.1. The quantitative estimate of drug-likeness (QED) is 0.806. The van der Waals surface area contributed by atoms with Gasteiger partial charge in [0.2, 0.25) is 0 Å². The molecule has 0 heterocycles. The molecular weight excluding hydrogens is 258 g/mol. The van der Waals surface area contributed by atoms with Gasteiger partial charge in [0, 0.05) is 6.04 Å². The zero-order chi connectivity index (χ0) is 15.1. The van der Waals surface area contributed by atoms with Crippen LogP contribution in [0.4, 0.5) is 0 Å². The third-order valence-corrected chi connectivity index (χ3v) is 2.65. The number of esters is 1. The Morgan fingerprint density at radius 1 is 1.15 bits per heavy atom. The van der Waals surface area contributed by atoms with E-state index in [0.717, 1.165) is 11.1 Å².